The third kappa shape index (κ3) is 9.61. The molecule has 0 spiro atoms. The molecule has 3 heteroatoms. The van der Waals surface area contributed by atoms with E-state index in [1.165, 1.54) is 210 Å². The number of rotatable bonds is 11. The molecule has 0 radical (unpaired) electrons. The van der Waals surface area contributed by atoms with Crippen molar-refractivity contribution in [3.8, 4) is 106 Å². The summed E-state index contributed by atoms with van der Waals surface area (Å²) in [5.74, 6) is 0. The summed E-state index contributed by atoms with van der Waals surface area (Å²) in [6.45, 7) is 20.1. The highest BCUT2D eigenvalue weighted by atomic mass is 15.0. The van der Waals surface area contributed by atoms with Crippen molar-refractivity contribution in [3.05, 3.63) is 329 Å². The molecule has 3 heterocycles. The van der Waals surface area contributed by atoms with Crippen LogP contribution in [0.25, 0.3) is 128 Å². The zero-order valence-corrected chi connectivity index (χ0v) is 56.2. The molecule has 14 aromatic carbocycles. The van der Waals surface area contributed by atoms with Crippen LogP contribution in [0.1, 0.15) is 50.1 Å². The first-order chi connectivity index (χ1) is 46.8. The van der Waals surface area contributed by atoms with Crippen LogP contribution in [-0.4, -0.2) is 18.0 Å². The van der Waals surface area contributed by atoms with Gasteiger partial charge in [-0.05, 0) is 254 Å². The first kappa shape index (κ1) is 58.8. The molecule has 0 bridgehead atoms. The van der Waals surface area contributed by atoms with Crippen molar-refractivity contribution in [2.75, 3.05) is 0 Å². The van der Waals surface area contributed by atoms with E-state index in [9.17, 15) is 0 Å². The van der Waals surface area contributed by atoms with E-state index in [1.807, 2.05) is 0 Å². The molecule has 15 aromatic rings. The molecule has 2 aliphatic rings. The molecule has 0 amide bonds. The van der Waals surface area contributed by atoms with Gasteiger partial charge in [-0.25, -0.2) is 0 Å². The lowest BCUT2D eigenvalue weighted by molar-refractivity contribution is 1.20. The second kappa shape index (κ2) is 23.2. The molecule has 0 saturated heterocycles. The molecular formula is C93H73B2N. The minimum atomic E-state index is -0.281. The molecular weight excluding hydrogens is 1150 g/mol. The molecule has 0 atom stereocenters. The van der Waals surface area contributed by atoms with Crippen LogP contribution in [0.2, 0.25) is 0 Å². The highest BCUT2D eigenvalue weighted by molar-refractivity contribution is 7.03. The number of hydrogen-bond donors (Lipinski definition) is 0. The lowest BCUT2D eigenvalue weighted by Gasteiger charge is -2.37. The number of aryl methyl sites for hydroxylation is 9. The number of hydrogen-bond acceptors (Lipinski definition) is 0. The Morgan fingerprint density at radius 2 is 0.458 bits per heavy atom. The van der Waals surface area contributed by atoms with Crippen molar-refractivity contribution in [2.24, 2.45) is 0 Å². The van der Waals surface area contributed by atoms with Crippen LogP contribution < -0.4 is 32.8 Å². The Balaban J connectivity index is 1.14. The number of aromatic nitrogens is 1. The highest BCUT2D eigenvalue weighted by Gasteiger charge is 2.46. The van der Waals surface area contributed by atoms with Gasteiger partial charge in [0.25, 0.3) is 0 Å². The molecule has 17 rings (SSSR count). The normalized spacial score (nSPS) is 12.2. The van der Waals surface area contributed by atoms with Gasteiger partial charge in [0.05, 0.1) is 0 Å². The Morgan fingerprint density at radius 1 is 0.219 bits per heavy atom. The van der Waals surface area contributed by atoms with Crippen LogP contribution >= 0.6 is 0 Å². The van der Waals surface area contributed by atoms with Gasteiger partial charge in [0.1, 0.15) is 0 Å². The summed E-state index contributed by atoms with van der Waals surface area (Å²) in [6.07, 6.45) is 0. The predicted molar refractivity (Wildman–Crippen MR) is 415 cm³/mol. The molecule has 1 nitrogen and oxygen atoms in total. The molecule has 0 unspecified atom stereocenters. The second-order valence-electron chi connectivity index (χ2n) is 27.6. The fourth-order valence-electron chi connectivity index (χ4n) is 17.6. The van der Waals surface area contributed by atoms with E-state index in [4.69, 9.17) is 0 Å². The maximum Gasteiger partial charge on any atom is 0.248 e. The number of benzene rings is 14. The molecule has 0 fully saturated rings. The third-order valence-electron chi connectivity index (χ3n) is 21.0. The summed E-state index contributed by atoms with van der Waals surface area (Å²) in [4.78, 5) is 0. The van der Waals surface area contributed by atoms with E-state index >= 15 is 0 Å². The van der Waals surface area contributed by atoms with Gasteiger partial charge in [-0.2, -0.15) is 0 Å². The van der Waals surface area contributed by atoms with Crippen molar-refractivity contribution in [3.63, 3.8) is 0 Å². The Hall–Kier alpha value is -11.0. The van der Waals surface area contributed by atoms with Crippen LogP contribution in [0, 0.1) is 62.3 Å². The summed E-state index contributed by atoms with van der Waals surface area (Å²) in [5, 5.41) is 2.54. The summed E-state index contributed by atoms with van der Waals surface area (Å²) in [7, 11) is 0. The molecule has 96 heavy (non-hydrogen) atoms. The highest BCUT2D eigenvalue weighted by Crippen LogP contribution is 2.45. The zero-order chi connectivity index (χ0) is 65.2. The Labute approximate surface area is 566 Å². The molecule has 0 saturated carbocycles. The molecule has 1 aromatic heterocycles. The average molecular weight is 1230 g/mol. The molecule has 0 N–H and O–H groups in total. The van der Waals surface area contributed by atoms with Gasteiger partial charge in [-0.15, -0.1) is 0 Å². The maximum atomic E-state index is 2.79. The van der Waals surface area contributed by atoms with Crippen molar-refractivity contribution in [2.45, 2.75) is 62.3 Å². The Morgan fingerprint density at radius 3 is 0.729 bits per heavy atom. The summed E-state index contributed by atoms with van der Waals surface area (Å²) in [6, 6.07) is 107. The second-order valence-corrected chi connectivity index (χ2v) is 27.6. The first-order valence-corrected chi connectivity index (χ1v) is 34.1. The van der Waals surface area contributed by atoms with Crippen LogP contribution in [0.4, 0.5) is 0 Å². The minimum Gasteiger partial charge on any atom is -0.311 e. The standard InChI is InChI=1S/C93H73B2N/c1-56-40-59(4)86(60(5)41-56)73-50-80-81-51-74(87-61(6)42-57(2)43-62(87)7)53-83-92(81)96-91(80)82(52-73)94(89-76(67-32-20-12-21-33-67)46-71(65-28-16-10-17-29-65)47-77(89)68-34-22-13-23-35-68)84-54-75(88-63(8)44-58(3)45-64(88)9)55-85(93(84)96)95(83)90-78(69-36-24-14-25-37-69)48-72(66-30-18-11-19-31-66)49-79(90)70-38-26-15-27-39-70/h10-55H,1-9H3. The van der Waals surface area contributed by atoms with Gasteiger partial charge < -0.3 is 4.57 Å². The van der Waals surface area contributed by atoms with Gasteiger partial charge in [0.15, 0.2) is 0 Å². The largest absolute Gasteiger partial charge is 0.311 e. The van der Waals surface area contributed by atoms with Crippen LogP contribution in [0.5, 0.6) is 0 Å². The van der Waals surface area contributed by atoms with E-state index in [0.717, 1.165) is 0 Å². The van der Waals surface area contributed by atoms with Crippen molar-refractivity contribution in [1.29, 1.82) is 0 Å². The fraction of sp³-hybridized carbons (Fsp3) is 0.0968. The van der Waals surface area contributed by atoms with Gasteiger partial charge in [0.2, 0.25) is 13.4 Å². The van der Waals surface area contributed by atoms with E-state index in [0.29, 0.717) is 0 Å². The lowest BCUT2D eigenvalue weighted by Crippen LogP contribution is -2.64. The van der Waals surface area contributed by atoms with E-state index in [-0.39, 0.29) is 13.4 Å². The Bertz CT molecular complexity index is 5140. The Kier molecular flexibility index (Phi) is 14.2. The van der Waals surface area contributed by atoms with Crippen LogP contribution in [0.15, 0.2) is 279 Å². The summed E-state index contributed by atoms with van der Waals surface area (Å²) in [5.41, 5.74) is 45.1. The van der Waals surface area contributed by atoms with Gasteiger partial charge >= 0.3 is 0 Å². The van der Waals surface area contributed by atoms with Gasteiger partial charge in [0, 0.05) is 27.5 Å². The molecule has 2 aliphatic heterocycles. The third-order valence-corrected chi connectivity index (χ3v) is 21.0. The summed E-state index contributed by atoms with van der Waals surface area (Å²) >= 11 is 0. The maximum absolute atomic E-state index is 2.79. The molecule has 456 valence electrons. The zero-order valence-electron chi connectivity index (χ0n) is 56.2. The van der Waals surface area contributed by atoms with Crippen LogP contribution in [-0.2, 0) is 0 Å². The smallest absolute Gasteiger partial charge is 0.248 e. The van der Waals surface area contributed by atoms with Gasteiger partial charge in [-0.1, -0.05) is 270 Å². The summed E-state index contributed by atoms with van der Waals surface area (Å²) < 4.78 is 2.79. The quantitative estimate of drug-likeness (QED) is 0.114. The molecule has 0 aliphatic carbocycles. The topological polar surface area (TPSA) is 4.93 Å². The predicted octanol–water partition coefficient (Wildman–Crippen LogP) is 20.2. The van der Waals surface area contributed by atoms with Crippen molar-refractivity contribution < 1.29 is 0 Å². The van der Waals surface area contributed by atoms with Crippen LogP contribution in [0.3, 0.4) is 0 Å². The number of fused-ring (bicyclic) bond motifs is 1. The van der Waals surface area contributed by atoms with Crippen molar-refractivity contribution >= 4 is 68.0 Å². The number of nitrogens with zero attached hydrogens (tertiary/aromatic N) is 1. The first-order valence-electron chi connectivity index (χ1n) is 34.1. The van der Waals surface area contributed by atoms with Crippen molar-refractivity contribution in [1.82, 2.24) is 4.57 Å². The van der Waals surface area contributed by atoms with E-state index in [2.05, 4.69) is 346 Å². The SMILES string of the molecule is Cc1cc(C)c(-c2cc3c4c(c2)B(c2c(-c5ccccc5)cc(-c5ccccc5)cc2-c2ccccc2)c2cc(-c5c(C)cc(C)cc5C)cc5c6cc(-c7c(C)cc(C)cc7C)cc(c6n-4c25)B3c2c(-c3ccccc3)cc(-c3ccccc3)cc2-c2ccccc2)c(C)c1. The van der Waals surface area contributed by atoms with E-state index < -0.39 is 0 Å². The average Bonchev–Trinajstić information content (AvgIpc) is 1.37. The lowest BCUT2D eigenvalue weighted by atomic mass is 9.29. The van der Waals surface area contributed by atoms with Gasteiger partial charge in [-0.3, -0.25) is 0 Å². The minimum absolute atomic E-state index is 0.281. The van der Waals surface area contributed by atoms with E-state index in [1.54, 1.807) is 0 Å². The monoisotopic (exact) mass is 1230 g/mol. The fourth-order valence-corrected chi connectivity index (χ4v) is 17.6.